The van der Waals surface area contributed by atoms with Gasteiger partial charge in [0.15, 0.2) is 0 Å². The quantitative estimate of drug-likeness (QED) is 0.803. The minimum atomic E-state index is -0.542. The number of rotatable bonds is 4. The van der Waals surface area contributed by atoms with E-state index in [1.54, 1.807) is 40.4 Å². The number of halogens is 1. The summed E-state index contributed by atoms with van der Waals surface area (Å²) in [6.07, 6.45) is 1.60. The molecule has 106 valence electrons. The molecule has 0 saturated carbocycles. The molecule has 0 aliphatic heterocycles. The van der Waals surface area contributed by atoms with E-state index in [0.717, 1.165) is 4.88 Å². The SMILES string of the molecule is O=C(Nc1ccnn1Cc1cccs1)c1ccccc1F. The van der Waals surface area contributed by atoms with Crippen LogP contribution in [-0.4, -0.2) is 15.7 Å². The number of thiophene rings is 1. The van der Waals surface area contributed by atoms with Gasteiger partial charge in [-0.2, -0.15) is 5.10 Å². The summed E-state index contributed by atoms with van der Waals surface area (Å²) in [7, 11) is 0. The van der Waals surface area contributed by atoms with E-state index in [2.05, 4.69) is 10.4 Å². The number of hydrogen-bond donors (Lipinski definition) is 1. The van der Waals surface area contributed by atoms with Gasteiger partial charge in [0.05, 0.1) is 18.3 Å². The number of carbonyl (C=O) groups is 1. The molecule has 0 unspecified atom stereocenters. The van der Waals surface area contributed by atoms with Crippen LogP contribution < -0.4 is 5.32 Å². The summed E-state index contributed by atoms with van der Waals surface area (Å²) < 4.78 is 15.3. The average Bonchev–Trinajstić information content (AvgIpc) is 3.12. The Morgan fingerprint density at radius 2 is 2.10 bits per heavy atom. The van der Waals surface area contributed by atoms with Gasteiger partial charge in [0.1, 0.15) is 11.6 Å². The molecule has 1 aromatic carbocycles. The van der Waals surface area contributed by atoms with Crippen LogP contribution in [0.5, 0.6) is 0 Å². The molecule has 0 fully saturated rings. The molecule has 6 heteroatoms. The molecule has 2 heterocycles. The summed E-state index contributed by atoms with van der Waals surface area (Å²) >= 11 is 1.61. The van der Waals surface area contributed by atoms with Crippen molar-refractivity contribution in [2.75, 3.05) is 5.32 Å². The number of anilines is 1. The van der Waals surface area contributed by atoms with Crippen molar-refractivity contribution in [3.8, 4) is 0 Å². The average molecular weight is 301 g/mol. The molecular weight excluding hydrogens is 289 g/mol. The third kappa shape index (κ3) is 3.00. The molecule has 0 radical (unpaired) electrons. The molecule has 0 spiro atoms. The van der Waals surface area contributed by atoms with Crippen molar-refractivity contribution in [3.05, 3.63) is 70.3 Å². The highest BCUT2D eigenvalue weighted by Crippen LogP contribution is 2.15. The standard InChI is InChI=1S/C15H12FN3OS/c16-13-6-2-1-5-12(13)15(20)18-14-7-8-17-19(14)10-11-4-3-9-21-11/h1-9H,10H2,(H,18,20). The fourth-order valence-electron chi connectivity index (χ4n) is 1.94. The molecule has 4 nitrogen and oxygen atoms in total. The predicted octanol–water partition coefficient (Wildman–Crippen LogP) is 3.38. The van der Waals surface area contributed by atoms with Crippen LogP contribution in [-0.2, 0) is 6.54 Å². The van der Waals surface area contributed by atoms with Crippen LogP contribution in [0.25, 0.3) is 0 Å². The first-order valence-corrected chi connectivity index (χ1v) is 7.22. The normalized spacial score (nSPS) is 10.5. The lowest BCUT2D eigenvalue weighted by Gasteiger charge is -2.08. The van der Waals surface area contributed by atoms with E-state index in [9.17, 15) is 9.18 Å². The largest absolute Gasteiger partial charge is 0.307 e. The Bertz CT molecular complexity index is 752. The monoisotopic (exact) mass is 301 g/mol. The molecule has 3 aromatic rings. The van der Waals surface area contributed by atoms with Crippen molar-refractivity contribution < 1.29 is 9.18 Å². The number of amides is 1. The van der Waals surface area contributed by atoms with E-state index in [0.29, 0.717) is 12.4 Å². The van der Waals surface area contributed by atoms with Gasteiger partial charge in [-0.3, -0.25) is 4.79 Å². The minimum absolute atomic E-state index is 0.0152. The second-order valence-corrected chi connectivity index (χ2v) is 5.42. The van der Waals surface area contributed by atoms with Crippen LogP contribution in [0.15, 0.2) is 54.0 Å². The third-order valence-electron chi connectivity index (χ3n) is 2.96. The number of aromatic nitrogens is 2. The lowest BCUT2D eigenvalue weighted by Crippen LogP contribution is -2.17. The van der Waals surface area contributed by atoms with Gasteiger partial charge in [-0.15, -0.1) is 11.3 Å². The van der Waals surface area contributed by atoms with Crippen LogP contribution in [0.4, 0.5) is 10.2 Å². The van der Waals surface area contributed by atoms with E-state index < -0.39 is 11.7 Å². The Kier molecular flexibility index (Phi) is 3.79. The highest BCUT2D eigenvalue weighted by atomic mass is 32.1. The molecule has 0 bridgehead atoms. The zero-order valence-electron chi connectivity index (χ0n) is 11.0. The maximum Gasteiger partial charge on any atom is 0.259 e. The summed E-state index contributed by atoms with van der Waals surface area (Å²) in [5, 5.41) is 8.84. The Hall–Kier alpha value is -2.47. The highest BCUT2D eigenvalue weighted by molar-refractivity contribution is 7.09. The summed E-state index contributed by atoms with van der Waals surface area (Å²) in [6.45, 7) is 0.567. The zero-order valence-corrected chi connectivity index (χ0v) is 11.8. The summed E-state index contributed by atoms with van der Waals surface area (Å²) in [5.74, 6) is -0.489. The molecule has 0 atom stereocenters. The van der Waals surface area contributed by atoms with E-state index in [-0.39, 0.29) is 5.56 Å². The van der Waals surface area contributed by atoms with Gasteiger partial charge in [-0.25, -0.2) is 9.07 Å². The van der Waals surface area contributed by atoms with Gasteiger partial charge < -0.3 is 5.32 Å². The Balaban J connectivity index is 1.78. The maximum absolute atomic E-state index is 13.6. The number of carbonyl (C=O) groups excluding carboxylic acids is 1. The lowest BCUT2D eigenvalue weighted by molar-refractivity contribution is 0.102. The first-order valence-electron chi connectivity index (χ1n) is 6.34. The van der Waals surface area contributed by atoms with Gasteiger partial charge in [-0.1, -0.05) is 18.2 Å². The van der Waals surface area contributed by atoms with Crippen molar-refractivity contribution in [1.29, 1.82) is 0 Å². The predicted molar refractivity (Wildman–Crippen MR) is 80.0 cm³/mol. The number of nitrogens with zero attached hydrogens (tertiary/aromatic N) is 2. The van der Waals surface area contributed by atoms with Crippen molar-refractivity contribution in [2.45, 2.75) is 6.54 Å². The maximum atomic E-state index is 13.6. The Morgan fingerprint density at radius 3 is 2.86 bits per heavy atom. The lowest BCUT2D eigenvalue weighted by atomic mass is 10.2. The fourth-order valence-corrected chi connectivity index (χ4v) is 2.63. The van der Waals surface area contributed by atoms with Crippen molar-refractivity contribution in [3.63, 3.8) is 0 Å². The van der Waals surface area contributed by atoms with Crippen LogP contribution >= 0.6 is 11.3 Å². The van der Waals surface area contributed by atoms with Crippen LogP contribution in [0.1, 0.15) is 15.2 Å². The number of hydrogen-bond acceptors (Lipinski definition) is 3. The second kappa shape index (κ2) is 5.88. The van der Waals surface area contributed by atoms with Gasteiger partial charge in [0.25, 0.3) is 5.91 Å². The Labute approximate surface area is 124 Å². The van der Waals surface area contributed by atoms with E-state index in [1.165, 1.54) is 12.1 Å². The van der Waals surface area contributed by atoms with Gasteiger partial charge >= 0.3 is 0 Å². The molecule has 2 aromatic heterocycles. The zero-order chi connectivity index (χ0) is 14.7. The van der Waals surface area contributed by atoms with Crippen LogP contribution in [0, 0.1) is 5.82 Å². The van der Waals surface area contributed by atoms with E-state index in [1.807, 2.05) is 17.5 Å². The first kappa shape index (κ1) is 13.5. The number of nitrogens with one attached hydrogen (secondary N) is 1. The highest BCUT2D eigenvalue weighted by Gasteiger charge is 2.13. The minimum Gasteiger partial charge on any atom is -0.307 e. The van der Waals surface area contributed by atoms with Crippen molar-refractivity contribution >= 4 is 23.1 Å². The molecule has 0 aliphatic rings. The third-order valence-corrected chi connectivity index (χ3v) is 3.82. The molecule has 21 heavy (non-hydrogen) atoms. The molecular formula is C15H12FN3OS. The summed E-state index contributed by atoms with van der Waals surface area (Å²) in [4.78, 5) is 13.2. The van der Waals surface area contributed by atoms with Gasteiger partial charge in [0.2, 0.25) is 0 Å². The van der Waals surface area contributed by atoms with Gasteiger partial charge in [0, 0.05) is 10.9 Å². The van der Waals surface area contributed by atoms with Crippen LogP contribution in [0.2, 0.25) is 0 Å². The molecule has 3 rings (SSSR count). The summed E-state index contributed by atoms with van der Waals surface area (Å²) in [6, 6.07) is 11.5. The molecule has 0 aliphatic carbocycles. The topological polar surface area (TPSA) is 46.9 Å². The first-order chi connectivity index (χ1) is 10.2. The van der Waals surface area contributed by atoms with Gasteiger partial charge in [-0.05, 0) is 23.6 Å². The number of benzene rings is 1. The van der Waals surface area contributed by atoms with Crippen molar-refractivity contribution in [2.24, 2.45) is 0 Å². The molecule has 1 N–H and O–H groups in total. The summed E-state index contributed by atoms with van der Waals surface area (Å²) in [5.41, 5.74) is 0.0152. The van der Waals surface area contributed by atoms with E-state index in [4.69, 9.17) is 0 Å². The van der Waals surface area contributed by atoms with E-state index >= 15 is 0 Å². The molecule has 0 saturated heterocycles. The van der Waals surface area contributed by atoms with Crippen LogP contribution in [0.3, 0.4) is 0 Å². The second-order valence-electron chi connectivity index (χ2n) is 4.39. The smallest absolute Gasteiger partial charge is 0.259 e. The Morgan fingerprint density at radius 1 is 1.24 bits per heavy atom. The molecule has 1 amide bonds. The fraction of sp³-hybridized carbons (Fsp3) is 0.0667. The van der Waals surface area contributed by atoms with Crippen molar-refractivity contribution in [1.82, 2.24) is 9.78 Å².